The Morgan fingerprint density at radius 2 is 1.78 bits per heavy atom. The van der Waals surface area contributed by atoms with Gasteiger partial charge in [0.2, 0.25) is 12.1 Å². The number of nitrogens with one attached hydrogen (secondary N) is 2. The van der Waals surface area contributed by atoms with Crippen LogP contribution in [0.4, 0.5) is 5.13 Å². The summed E-state index contributed by atoms with van der Waals surface area (Å²) in [5, 5.41) is 7.78. The molecule has 0 spiro atoms. The van der Waals surface area contributed by atoms with Gasteiger partial charge in [0.25, 0.3) is 17.7 Å². The van der Waals surface area contributed by atoms with Crippen molar-refractivity contribution in [2.75, 3.05) is 11.9 Å². The fourth-order valence-corrected chi connectivity index (χ4v) is 4.76. The molecule has 0 unspecified atom stereocenters. The standard InChI is InChI=1S/C26H25N5O5S/c27-22(33)25-31(21(32)12-15-4-2-1-3-5-15)20(13-36-25)24(35)30-26-29-19(14-37-26)16-6-8-17(9-7-16)23(34)28-18-10-11-18/h1-9,14,18,20,25H,10-13H2,(H2,27,33)(H,28,34)(H,29,30,35)/t20-,25+/m1/s1. The first-order valence-electron chi connectivity index (χ1n) is 11.8. The summed E-state index contributed by atoms with van der Waals surface area (Å²) >= 11 is 1.22. The molecule has 0 radical (unpaired) electrons. The lowest BCUT2D eigenvalue weighted by molar-refractivity contribution is -0.148. The summed E-state index contributed by atoms with van der Waals surface area (Å²) in [5.41, 5.74) is 8.16. The molecule has 2 heterocycles. The number of nitrogens with two attached hydrogens (primary N) is 1. The normalized spacial score (nSPS) is 18.9. The molecule has 1 aromatic heterocycles. The van der Waals surface area contributed by atoms with Gasteiger partial charge in [-0.25, -0.2) is 4.98 Å². The number of carbonyl (C=O) groups excluding carboxylic acids is 4. The Morgan fingerprint density at radius 1 is 1.05 bits per heavy atom. The number of primary amides is 1. The molecule has 2 aromatic carbocycles. The van der Waals surface area contributed by atoms with Gasteiger partial charge in [-0.05, 0) is 30.5 Å². The summed E-state index contributed by atoms with van der Waals surface area (Å²) in [4.78, 5) is 55.8. The van der Waals surface area contributed by atoms with Crippen LogP contribution < -0.4 is 16.4 Å². The maximum atomic E-state index is 13.1. The van der Waals surface area contributed by atoms with Crippen molar-refractivity contribution < 1.29 is 23.9 Å². The van der Waals surface area contributed by atoms with Crippen molar-refractivity contribution in [3.63, 3.8) is 0 Å². The number of hydrogen-bond acceptors (Lipinski definition) is 7. The van der Waals surface area contributed by atoms with Crippen LogP contribution in [0.25, 0.3) is 11.3 Å². The molecule has 2 aliphatic rings. The lowest BCUT2D eigenvalue weighted by Crippen LogP contribution is -2.52. The Balaban J connectivity index is 1.26. The van der Waals surface area contributed by atoms with Gasteiger partial charge in [-0.2, -0.15) is 0 Å². The van der Waals surface area contributed by atoms with Gasteiger partial charge in [0.05, 0.1) is 18.7 Å². The van der Waals surface area contributed by atoms with Crippen LogP contribution >= 0.6 is 11.3 Å². The largest absolute Gasteiger partial charge is 0.366 e. The molecular formula is C26H25N5O5S. The molecule has 2 atom stereocenters. The first-order valence-corrected chi connectivity index (χ1v) is 12.7. The summed E-state index contributed by atoms with van der Waals surface area (Å²) in [5.74, 6) is -1.92. The number of carbonyl (C=O) groups is 4. The Morgan fingerprint density at radius 3 is 2.46 bits per heavy atom. The van der Waals surface area contributed by atoms with Gasteiger partial charge in [0.1, 0.15) is 6.04 Å². The topological polar surface area (TPSA) is 144 Å². The van der Waals surface area contributed by atoms with E-state index in [4.69, 9.17) is 10.5 Å². The summed E-state index contributed by atoms with van der Waals surface area (Å²) < 4.78 is 5.41. The van der Waals surface area contributed by atoms with E-state index in [1.807, 2.05) is 6.07 Å². The van der Waals surface area contributed by atoms with Crippen LogP contribution in [0.1, 0.15) is 28.8 Å². The molecule has 1 aliphatic carbocycles. The van der Waals surface area contributed by atoms with E-state index >= 15 is 0 Å². The minimum atomic E-state index is -1.32. The molecule has 4 N–H and O–H groups in total. The molecule has 3 aromatic rings. The van der Waals surface area contributed by atoms with Crippen molar-refractivity contribution in [1.82, 2.24) is 15.2 Å². The van der Waals surface area contributed by atoms with Crippen LogP contribution in [-0.2, 0) is 25.5 Å². The van der Waals surface area contributed by atoms with Crippen LogP contribution in [0, 0.1) is 0 Å². The highest BCUT2D eigenvalue weighted by molar-refractivity contribution is 7.14. The van der Waals surface area contributed by atoms with Crippen LogP contribution in [0.5, 0.6) is 0 Å². The molecule has 11 heteroatoms. The van der Waals surface area contributed by atoms with Gasteiger partial charge in [0.15, 0.2) is 5.13 Å². The molecule has 1 aliphatic heterocycles. The fourth-order valence-electron chi connectivity index (χ4n) is 4.04. The quantitative estimate of drug-likeness (QED) is 0.415. The van der Waals surface area contributed by atoms with E-state index < -0.39 is 30.0 Å². The second kappa shape index (κ2) is 10.5. The monoisotopic (exact) mass is 519 g/mol. The SMILES string of the molecule is NC(=O)[C@@H]1OC[C@H](C(=O)Nc2nc(-c3ccc(C(=O)NC4CC4)cc3)cs2)N1C(=O)Cc1ccccc1. The van der Waals surface area contributed by atoms with Crippen molar-refractivity contribution >= 4 is 40.1 Å². The van der Waals surface area contributed by atoms with E-state index in [9.17, 15) is 19.2 Å². The molecule has 37 heavy (non-hydrogen) atoms. The van der Waals surface area contributed by atoms with E-state index in [2.05, 4.69) is 15.6 Å². The van der Waals surface area contributed by atoms with Gasteiger partial charge >= 0.3 is 0 Å². The molecule has 5 rings (SSSR count). The molecule has 0 bridgehead atoms. The predicted molar refractivity (Wildman–Crippen MR) is 136 cm³/mol. The fraction of sp³-hybridized carbons (Fsp3) is 0.269. The average Bonchev–Trinajstić information content (AvgIpc) is 3.39. The van der Waals surface area contributed by atoms with Crippen LogP contribution in [-0.4, -0.2) is 58.4 Å². The lowest BCUT2D eigenvalue weighted by Gasteiger charge is -2.25. The third-order valence-corrected chi connectivity index (χ3v) is 6.88. The second-order valence-corrected chi connectivity index (χ2v) is 9.78. The van der Waals surface area contributed by atoms with Gasteiger partial charge in [-0.3, -0.25) is 24.1 Å². The Labute approximate surface area is 216 Å². The molecule has 10 nitrogen and oxygen atoms in total. The molecule has 2 fully saturated rings. The summed E-state index contributed by atoms with van der Waals surface area (Å²) in [6.45, 7) is -0.164. The minimum Gasteiger partial charge on any atom is -0.366 e. The molecule has 190 valence electrons. The average molecular weight is 520 g/mol. The molecule has 1 saturated heterocycles. The number of anilines is 1. The minimum absolute atomic E-state index is 0.00612. The number of rotatable bonds is 8. The van der Waals surface area contributed by atoms with Gasteiger partial charge in [-0.15, -0.1) is 11.3 Å². The zero-order valence-electron chi connectivity index (χ0n) is 19.8. The van der Waals surface area contributed by atoms with Crippen LogP contribution in [0.3, 0.4) is 0 Å². The molecule has 1 saturated carbocycles. The maximum Gasteiger partial charge on any atom is 0.267 e. The van der Waals surface area contributed by atoms with E-state index in [0.717, 1.165) is 28.9 Å². The van der Waals surface area contributed by atoms with Crippen LogP contribution in [0.15, 0.2) is 60.0 Å². The van der Waals surface area contributed by atoms with Gasteiger partial charge in [-0.1, -0.05) is 42.5 Å². The van der Waals surface area contributed by atoms with Crippen molar-refractivity contribution in [2.24, 2.45) is 5.73 Å². The third-order valence-electron chi connectivity index (χ3n) is 6.12. The smallest absolute Gasteiger partial charge is 0.267 e. The first-order chi connectivity index (χ1) is 17.9. The number of aromatic nitrogens is 1. The Bertz CT molecular complexity index is 1320. The van der Waals surface area contributed by atoms with Crippen molar-refractivity contribution in [2.45, 2.75) is 37.6 Å². The maximum absolute atomic E-state index is 13.1. The summed E-state index contributed by atoms with van der Waals surface area (Å²) in [6.07, 6.45) is 0.709. The van der Waals surface area contributed by atoms with Crippen LogP contribution in [0.2, 0.25) is 0 Å². The van der Waals surface area contributed by atoms with Gasteiger partial charge < -0.3 is 21.1 Å². The number of amides is 4. The lowest BCUT2D eigenvalue weighted by atomic mass is 10.1. The molecular weight excluding hydrogens is 494 g/mol. The van der Waals surface area contributed by atoms with E-state index in [1.165, 1.54) is 11.3 Å². The Kier molecular flexibility index (Phi) is 6.97. The second-order valence-electron chi connectivity index (χ2n) is 8.92. The number of nitrogens with zero attached hydrogens (tertiary/aromatic N) is 2. The predicted octanol–water partition coefficient (Wildman–Crippen LogP) is 1.92. The highest BCUT2D eigenvalue weighted by Gasteiger charge is 2.44. The number of benzene rings is 2. The van der Waals surface area contributed by atoms with Crippen molar-refractivity contribution in [3.8, 4) is 11.3 Å². The zero-order valence-corrected chi connectivity index (χ0v) is 20.6. The highest BCUT2D eigenvalue weighted by atomic mass is 32.1. The van der Waals surface area contributed by atoms with E-state index in [0.29, 0.717) is 16.4 Å². The van der Waals surface area contributed by atoms with Gasteiger partial charge in [0, 0.05) is 22.5 Å². The van der Waals surface area contributed by atoms with E-state index in [1.54, 1.807) is 53.9 Å². The van der Waals surface area contributed by atoms with Crippen molar-refractivity contribution in [1.29, 1.82) is 0 Å². The van der Waals surface area contributed by atoms with Crippen molar-refractivity contribution in [3.05, 3.63) is 71.1 Å². The number of hydrogen-bond donors (Lipinski definition) is 3. The number of thiazole rings is 1. The summed E-state index contributed by atoms with van der Waals surface area (Å²) in [7, 11) is 0. The summed E-state index contributed by atoms with van der Waals surface area (Å²) in [6, 6.07) is 15.3. The third kappa shape index (κ3) is 5.68. The zero-order chi connectivity index (χ0) is 25.9. The Hall–Kier alpha value is -4.09. The van der Waals surface area contributed by atoms with E-state index in [-0.39, 0.29) is 25.0 Å². The number of ether oxygens (including phenoxy) is 1. The molecule has 4 amide bonds. The highest BCUT2D eigenvalue weighted by Crippen LogP contribution is 2.27. The first kappa shape index (κ1) is 24.6.